The fourth-order valence-corrected chi connectivity index (χ4v) is 3.98. The first kappa shape index (κ1) is 18.8. The maximum absolute atomic E-state index is 12.9. The lowest BCUT2D eigenvalue weighted by atomic mass is 10.2. The summed E-state index contributed by atoms with van der Waals surface area (Å²) >= 11 is 6.47. The number of hydrogen-bond donors (Lipinski definition) is 1. The van der Waals surface area contributed by atoms with E-state index in [1.54, 1.807) is 6.20 Å². The average Bonchev–Trinajstić information content (AvgIpc) is 3.21. The number of rotatable bonds is 4. The van der Waals surface area contributed by atoms with E-state index < -0.39 is 0 Å². The van der Waals surface area contributed by atoms with Crippen LogP contribution < -0.4 is 10.5 Å². The molecule has 152 valence electrons. The Morgan fingerprint density at radius 3 is 2.57 bits per heavy atom. The quantitative estimate of drug-likeness (QED) is 0.545. The highest BCUT2D eigenvalue weighted by atomic mass is 35.5. The Morgan fingerprint density at radius 1 is 1.03 bits per heavy atom. The van der Waals surface area contributed by atoms with Crippen molar-refractivity contribution in [2.75, 3.05) is 31.1 Å². The summed E-state index contributed by atoms with van der Waals surface area (Å²) in [7, 11) is 0. The molecule has 9 heteroatoms. The minimum atomic E-state index is -0.382. The second kappa shape index (κ2) is 7.89. The largest absolute Gasteiger partial charge is 0.366 e. The first-order chi connectivity index (χ1) is 14.7. The van der Waals surface area contributed by atoms with Gasteiger partial charge in [-0.3, -0.25) is 14.7 Å². The van der Waals surface area contributed by atoms with Crippen molar-refractivity contribution in [2.24, 2.45) is 0 Å². The van der Waals surface area contributed by atoms with Crippen LogP contribution in [0.15, 0.2) is 59.8 Å². The number of benzene rings is 1. The van der Waals surface area contributed by atoms with E-state index in [-0.39, 0.29) is 10.6 Å². The van der Waals surface area contributed by atoms with Crippen LogP contribution in [0.2, 0.25) is 5.02 Å². The summed E-state index contributed by atoms with van der Waals surface area (Å²) < 4.78 is 1.21. The Morgan fingerprint density at radius 2 is 1.80 bits per heavy atom. The van der Waals surface area contributed by atoms with Gasteiger partial charge in [0.25, 0.3) is 5.56 Å². The van der Waals surface area contributed by atoms with Crippen molar-refractivity contribution in [3.8, 4) is 5.95 Å². The van der Waals surface area contributed by atoms with Crippen molar-refractivity contribution in [3.05, 3.63) is 75.9 Å². The van der Waals surface area contributed by atoms with Crippen molar-refractivity contribution in [1.29, 1.82) is 0 Å². The number of piperazine rings is 1. The molecule has 4 heterocycles. The van der Waals surface area contributed by atoms with Gasteiger partial charge in [0.2, 0.25) is 5.95 Å². The van der Waals surface area contributed by atoms with Gasteiger partial charge in [0.15, 0.2) is 0 Å². The first-order valence-corrected chi connectivity index (χ1v) is 10.2. The molecular weight excluding hydrogens is 402 g/mol. The molecule has 0 atom stereocenters. The summed E-state index contributed by atoms with van der Waals surface area (Å²) in [6.07, 6.45) is 5.28. The third kappa shape index (κ3) is 3.55. The molecule has 1 aliphatic heterocycles. The van der Waals surface area contributed by atoms with Crippen LogP contribution in [0.3, 0.4) is 0 Å². The molecule has 5 rings (SSSR count). The molecule has 8 nitrogen and oxygen atoms in total. The lowest BCUT2D eigenvalue weighted by Crippen LogP contribution is -2.46. The number of aromatic amines is 1. The minimum absolute atomic E-state index is 0.160. The monoisotopic (exact) mass is 421 g/mol. The standard InChI is InChI=1S/C21H20ClN7O/c22-19-18(28-11-9-27(10-12-28)14-15-5-7-23-8-6-15)13-24-29(20(19)30)21-25-16-3-1-2-4-17(16)26-21/h1-8,13H,9-12,14H2,(H,25,26). The van der Waals surface area contributed by atoms with E-state index in [4.69, 9.17) is 11.6 Å². The molecule has 1 aromatic carbocycles. The van der Waals surface area contributed by atoms with Crippen LogP contribution in [0, 0.1) is 0 Å². The zero-order valence-electron chi connectivity index (χ0n) is 16.2. The molecule has 1 saturated heterocycles. The SMILES string of the molecule is O=c1c(Cl)c(N2CCN(Cc3ccncc3)CC2)cnn1-c1nc2ccccc2[nH]1. The molecule has 4 aromatic rings. The number of pyridine rings is 1. The van der Waals surface area contributed by atoms with Crippen LogP contribution in [0.5, 0.6) is 0 Å². The number of para-hydroxylation sites is 2. The van der Waals surface area contributed by atoms with Crippen LogP contribution in [-0.2, 0) is 6.54 Å². The van der Waals surface area contributed by atoms with Crippen molar-refractivity contribution in [2.45, 2.75) is 6.54 Å². The van der Waals surface area contributed by atoms with Gasteiger partial charge in [0.05, 0.1) is 22.9 Å². The molecule has 0 aliphatic carbocycles. The Hall–Kier alpha value is -3.23. The van der Waals surface area contributed by atoms with Crippen LogP contribution in [0.1, 0.15) is 5.56 Å². The lowest BCUT2D eigenvalue weighted by molar-refractivity contribution is 0.249. The van der Waals surface area contributed by atoms with E-state index in [0.717, 1.165) is 43.8 Å². The number of nitrogens with zero attached hydrogens (tertiary/aromatic N) is 6. The van der Waals surface area contributed by atoms with Gasteiger partial charge in [0.1, 0.15) is 5.02 Å². The minimum Gasteiger partial charge on any atom is -0.366 e. The van der Waals surface area contributed by atoms with Gasteiger partial charge in [-0.15, -0.1) is 0 Å². The fourth-order valence-electron chi connectivity index (χ4n) is 3.73. The number of aromatic nitrogens is 5. The van der Waals surface area contributed by atoms with Gasteiger partial charge in [-0.25, -0.2) is 4.98 Å². The molecule has 3 aromatic heterocycles. The third-order valence-corrected chi connectivity index (χ3v) is 5.70. The maximum atomic E-state index is 12.9. The summed E-state index contributed by atoms with van der Waals surface area (Å²) in [4.78, 5) is 29.0. The van der Waals surface area contributed by atoms with Crippen LogP contribution in [-0.4, -0.2) is 55.8 Å². The predicted molar refractivity (Wildman–Crippen MR) is 116 cm³/mol. The number of halogens is 1. The van der Waals surface area contributed by atoms with Crippen molar-refractivity contribution in [1.82, 2.24) is 29.6 Å². The topological polar surface area (TPSA) is 82.9 Å². The van der Waals surface area contributed by atoms with Crippen LogP contribution >= 0.6 is 11.6 Å². The second-order valence-corrected chi connectivity index (χ2v) is 7.63. The summed E-state index contributed by atoms with van der Waals surface area (Å²) in [6, 6.07) is 11.6. The lowest BCUT2D eigenvalue weighted by Gasteiger charge is -2.36. The Bertz CT molecular complexity index is 1200. The van der Waals surface area contributed by atoms with E-state index in [2.05, 4.69) is 29.9 Å². The molecular formula is C21H20ClN7O. The van der Waals surface area contributed by atoms with Crippen molar-refractivity contribution >= 4 is 28.3 Å². The molecule has 0 unspecified atom stereocenters. The maximum Gasteiger partial charge on any atom is 0.295 e. The molecule has 30 heavy (non-hydrogen) atoms. The summed E-state index contributed by atoms with van der Waals surface area (Å²) in [5, 5.41) is 4.49. The summed E-state index contributed by atoms with van der Waals surface area (Å²) in [6.45, 7) is 4.20. The molecule has 0 bridgehead atoms. The van der Waals surface area contributed by atoms with E-state index >= 15 is 0 Å². The highest BCUT2D eigenvalue weighted by molar-refractivity contribution is 6.33. The number of imidazole rings is 1. The van der Waals surface area contributed by atoms with Gasteiger partial charge in [-0.2, -0.15) is 9.78 Å². The Labute approximate surface area is 177 Å². The molecule has 1 aliphatic rings. The average molecular weight is 422 g/mol. The van der Waals surface area contributed by atoms with E-state index in [0.29, 0.717) is 11.6 Å². The summed E-state index contributed by atoms with van der Waals surface area (Å²) in [5.41, 5.74) is 3.13. The second-order valence-electron chi connectivity index (χ2n) is 7.26. The van der Waals surface area contributed by atoms with Crippen LogP contribution in [0.25, 0.3) is 17.0 Å². The molecule has 0 amide bonds. The van der Waals surface area contributed by atoms with Gasteiger partial charge in [0, 0.05) is 45.1 Å². The Balaban J connectivity index is 1.33. The normalized spacial score (nSPS) is 15.0. The highest BCUT2D eigenvalue weighted by Gasteiger charge is 2.22. The molecule has 0 saturated carbocycles. The zero-order chi connectivity index (χ0) is 20.5. The van der Waals surface area contributed by atoms with Gasteiger partial charge >= 0.3 is 0 Å². The van der Waals surface area contributed by atoms with Crippen molar-refractivity contribution in [3.63, 3.8) is 0 Å². The van der Waals surface area contributed by atoms with E-state index in [1.807, 2.05) is 48.8 Å². The zero-order valence-corrected chi connectivity index (χ0v) is 17.0. The van der Waals surface area contributed by atoms with E-state index in [9.17, 15) is 4.79 Å². The first-order valence-electron chi connectivity index (χ1n) is 9.78. The molecule has 0 spiro atoms. The summed E-state index contributed by atoms with van der Waals surface area (Å²) in [5.74, 6) is 0.358. The smallest absolute Gasteiger partial charge is 0.295 e. The number of H-pyrrole nitrogens is 1. The van der Waals surface area contributed by atoms with Gasteiger partial charge in [-0.05, 0) is 29.8 Å². The number of fused-ring (bicyclic) bond motifs is 1. The van der Waals surface area contributed by atoms with Gasteiger partial charge < -0.3 is 9.88 Å². The number of anilines is 1. The molecule has 0 radical (unpaired) electrons. The third-order valence-electron chi connectivity index (χ3n) is 5.35. The number of nitrogens with one attached hydrogen (secondary N) is 1. The van der Waals surface area contributed by atoms with E-state index in [1.165, 1.54) is 10.2 Å². The molecule has 1 N–H and O–H groups in total. The number of hydrogen-bond acceptors (Lipinski definition) is 6. The highest BCUT2D eigenvalue weighted by Crippen LogP contribution is 2.23. The van der Waals surface area contributed by atoms with Crippen LogP contribution in [0.4, 0.5) is 5.69 Å². The Kier molecular flexibility index (Phi) is 4.94. The fraction of sp³-hybridized carbons (Fsp3) is 0.238. The van der Waals surface area contributed by atoms with Crippen molar-refractivity contribution < 1.29 is 0 Å². The van der Waals surface area contributed by atoms with Gasteiger partial charge in [-0.1, -0.05) is 23.7 Å². The molecule has 1 fully saturated rings. The predicted octanol–water partition coefficient (Wildman–Crippen LogP) is 2.48.